The molecule has 0 aromatic heterocycles. The molecule has 0 fully saturated rings. The maximum atomic E-state index is 12.0. The molecule has 26 heavy (non-hydrogen) atoms. The van der Waals surface area contributed by atoms with E-state index in [9.17, 15) is 18.3 Å². The van der Waals surface area contributed by atoms with Crippen molar-refractivity contribution >= 4 is 15.8 Å². The van der Waals surface area contributed by atoms with Gasteiger partial charge in [0, 0.05) is 12.7 Å². The van der Waals surface area contributed by atoms with Crippen molar-refractivity contribution in [3.63, 3.8) is 0 Å². The summed E-state index contributed by atoms with van der Waals surface area (Å²) in [6.45, 7) is 6.30. The number of aliphatic hydroxyl groups excluding tert-OH is 1. The summed E-state index contributed by atoms with van der Waals surface area (Å²) in [7, 11) is -3.09. The molecule has 0 saturated heterocycles. The van der Waals surface area contributed by atoms with Crippen LogP contribution < -0.4 is 0 Å². The largest absolute Gasteiger partial charge is 0.481 e. The molecule has 156 valence electrons. The average molecular weight is 393 g/mol. The smallest absolute Gasteiger partial charge is 0.303 e. The molecule has 0 heterocycles. The minimum Gasteiger partial charge on any atom is -0.481 e. The molecule has 0 aromatic carbocycles. The van der Waals surface area contributed by atoms with Gasteiger partial charge in [-0.2, -0.15) is 0 Å². The van der Waals surface area contributed by atoms with Crippen molar-refractivity contribution in [1.82, 2.24) is 0 Å². The summed E-state index contributed by atoms with van der Waals surface area (Å²) >= 11 is 0. The van der Waals surface area contributed by atoms with Crippen molar-refractivity contribution in [2.45, 2.75) is 109 Å². The Kier molecular flexibility index (Phi) is 12.4. The number of hydrogen-bond donors (Lipinski definition) is 2. The Morgan fingerprint density at radius 2 is 1.54 bits per heavy atom. The number of carboxylic acid groups (broad SMARTS) is 1. The van der Waals surface area contributed by atoms with Crippen molar-refractivity contribution in [3.05, 3.63) is 0 Å². The summed E-state index contributed by atoms with van der Waals surface area (Å²) in [5.41, 5.74) is -0.124. The van der Waals surface area contributed by atoms with Gasteiger partial charge in [0.1, 0.15) is 9.84 Å². The van der Waals surface area contributed by atoms with Crippen LogP contribution in [0.15, 0.2) is 0 Å². The van der Waals surface area contributed by atoms with Crippen molar-refractivity contribution in [1.29, 1.82) is 0 Å². The fourth-order valence-corrected chi connectivity index (χ4v) is 4.49. The highest BCUT2D eigenvalue weighted by Crippen LogP contribution is 2.31. The van der Waals surface area contributed by atoms with Crippen molar-refractivity contribution in [2.24, 2.45) is 5.41 Å². The first-order valence-corrected chi connectivity index (χ1v) is 12.0. The number of carbonyl (C=O) groups is 1. The molecule has 0 aliphatic rings. The molecular formula is C20H40O5S. The molecule has 2 unspecified atom stereocenters. The van der Waals surface area contributed by atoms with E-state index < -0.39 is 21.9 Å². The Morgan fingerprint density at radius 1 is 0.962 bits per heavy atom. The minimum absolute atomic E-state index is 0.124. The van der Waals surface area contributed by atoms with Gasteiger partial charge in [-0.25, -0.2) is 8.42 Å². The highest BCUT2D eigenvalue weighted by atomic mass is 32.2. The lowest BCUT2D eigenvalue weighted by Gasteiger charge is -2.31. The molecule has 0 saturated carbocycles. The van der Waals surface area contributed by atoms with Crippen LogP contribution in [0.1, 0.15) is 97.8 Å². The number of carboxylic acids is 1. The maximum absolute atomic E-state index is 12.0. The molecule has 0 aliphatic heterocycles. The van der Waals surface area contributed by atoms with Crippen LogP contribution in [-0.4, -0.2) is 42.2 Å². The molecule has 0 radical (unpaired) electrons. The number of aliphatic hydroxyl groups is 1. The van der Waals surface area contributed by atoms with Gasteiger partial charge in [0.25, 0.3) is 0 Å². The molecule has 5 nitrogen and oxygen atoms in total. The van der Waals surface area contributed by atoms with Crippen LogP contribution >= 0.6 is 0 Å². The standard InChI is InChI=1S/C20H40O5S/c1-5-6-16-20(2,3)18(21)14-11-13-17(26(4,24)25)12-9-7-8-10-15-19(22)23/h17-18,21H,5-16H2,1-4H3,(H,22,23). The summed E-state index contributed by atoms with van der Waals surface area (Å²) in [6, 6.07) is 0. The van der Waals surface area contributed by atoms with Gasteiger partial charge in [0.2, 0.25) is 0 Å². The quantitative estimate of drug-likeness (QED) is 0.375. The Morgan fingerprint density at radius 3 is 2.08 bits per heavy atom. The fraction of sp³-hybridized carbons (Fsp3) is 0.950. The molecule has 0 rings (SSSR count). The van der Waals surface area contributed by atoms with Crippen LogP contribution in [0, 0.1) is 5.41 Å². The number of rotatable bonds is 16. The van der Waals surface area contributed by atoms with E-state index in [1.54, 1.807) is 0 Å². The van der Waals surface area contributed by atoms with E-state index in [4.69, 9.17) is 5.11 Å². The zero-order chi connectivity index (χ0) is 20.2. The molecule has 0 aromatic rings. The Hall–Kier alpha value is -0.620. The van der Waals surface area contributed by atoms with Gasteiger partial charge in [-0.1, -0.05) is 52.9 Å². The molecule has 2 atom stereocenters. The van der Waals surface area contributed by atoms with E-state index in [0.717, 1.165) is 38.5 Å². The molecule has 0 aliphatic carbocycles. The maximum Gasteiger partial charge on any atom is 0.303 e. The average Bonchev–Trinajstić information content (AvgIpc) is 2.52. The van der Waals surface area contributed by atoms with Gasteiger partial charge in [-0.05, 0) is 43.9 Å². The molecule has 0 amide bonds. The van der Waals surface area contributed by atoms with E-state index in [1.807, 2.05) is 0 Å². The zero-order valence-electron chi connectivity index (χ0n) is 17.2. The van der Waals surface area contributed by atoms with Gasteiger partial charge in [-0.15, -0.1) is 0 Å². The number of sulfone groups is 1. The van der Waals surface area contributed by atoms with Crippen molar-refractivity contribution in [2.75, 3.05) is 6.26 Å². The summed E-state index contributed by atoms with van der Waals surface area (Å²) in [4.78, 5) is 10.5. The van der Waals surface area contributed by atoms with Gasteiger partial charge >= 0.3 is 5.97 Å². The lowest BCUT2D eigenvalue weighted by molar-refractivity contribution is -0.137. The van der Waals surface area contributed by atoms with Gasteiger partial charge in [-0.3, -0.25) is 4.79 Å². The third kappa shape index (κ3) is 11.9. The van der Waals surface area contributed by atoms with Crippen LogP contribution in [0.4, 0.5) is 0 Å². The molecule has 6 heteroatoms. The van der Waals surface area contributed by atoms with Gasteiger partial charge in [0.05, 0.1) is 11.4 Å². The Labute approximate surface area is 160 Å². The number of aliphatic carboxylic acids is 1. The predicted molar refractivity (Wildman–Crippen MR) is 107 cm³/mol. The molecule has 0 bridgehead atoms. The Bertz CT molecular complexity index is 484. The molecule has 0 spiro atoms. The SMILES string of the molecule is CCCCC(C)(C)C(O)CCCC(CCCCCCC(=O)O)S(C)(=O)=O. The van der Waals surface area contributed by atoms with Crippen LogP contribution in [-0.2, 0) is 14.6 Å². The van der Waals surface area contributed by atoms with E-state index >= 15 is 0 Å². The first kappa shape index (κ1) is 25.4. The molecule has 2 N–H and O–H groups in total. The second-order valence-electron chi connectivity index (χ2n) is 8.34. The fourth-order valence-electron chi connectivity index (χ4n) is 3.30. The minimum atomic E-state index is -3.09. The zero-order valence-corrected chi connectivity index (χ0v) is 18.0. The number of hydrogen-bond acceptors (Lipinski definition) is 4. The van der Waals surface area contributed by atoms with Gasteiger partial charge in [0.15, 0.2) is 0 Å². The number of unbranched alkanes of at least 4 members (excludes halogenated alkanes) is 4. The summed E-state index contributed by atoms with van der Waals surface area (Å²) in [5.74, 6) is -0.778. The lowest BCUT2D eigenvalue weighted by atomic mass is 9.79. The highest BCUT2D eigenvalue weighted by Gasteiger charge is 2.27. The van der Waals surface area contributed by atoms with E-state index in [-0.39, 0.29) is 17.1 Å². The van der Waals surface area contributed by atoms with Crippen molar-refractivity contribution in [3.8, 4) is 0 Å². The molecular weight excluding hydrogens is 352 g/mol. The van der Waals surface area contributed by atoms with Crippen LogP contribution in [0.3, 0.4) is 0 Å². The second-order valence-corrected chi connectivity index (χ2v) is 10.7. The van der Waals surface area contributed by atoms with E-state index in [0.29, 0.717) is 32.1 Å². The topological polar surface area (TPSA) is 91.7 Å². The first-order valence-electron chi connectivity index (χ1n) is 10.1. The summed E-state index contributed by atoms with van der Waals surface area (Å²) < 4.78 is 24.0. The first-order chi connectivity index (χ1) is 12.0. The Balaban J connectivity index is 4.25. The van der Waals surface area contributed by atoms with E-state index in [2.05, 4.69) is 20.8 Å². The highest BCUT2D eigenvalue weighted by molar-refractivity contribution is 7.91. The summed E-state index contributed by atoms with van der Waals surface area (Å²) in [6.07, 6.45) is 9.99. The monoisotopic (exact) mass is 392 g/mol. The third-order valence-electron chi connectivity index (χ3n) is 5.35. The normalized spacial score (nSPS) is 15.0. The predicted octanol–water partition coefficient (Wildman–Crippen LogP) is 4.57. The summed E-state index contributed by atoms with van der Waals surface area (Å²) in [5, 5.41) is 18.7. The van der Waals surface area contributed by atoms with Crippen molar-refractivity contribution < 1.29 is 23.4 Å². The van der Waals surface area contributed by atoms with Crippen LogP contribution in [0.25, 0.3) is 0 Å². The van der Waals surface area contributed by atoms with E-state index in [1.165, 1.54) is 6.26 Å². The van der Waals surface area contributed by atoms with Crippen LogP contribution in [0.2, 0.25) is 0 Å². The lowest BCUT2D eigenvalue weighted by Crippen LogP contribution is -2.30. The van der Waals surface area contributed by atoms with Crippen LogP contribution in [0.5, 0.6) is 0 Å². The third-order valence-corrected chi connectivity index (χ3v) is 7.04. The second kappa shape index (κ2) is 12.7. The van der Waals surface area contributed by atoms with Gasteiger partial charge < -0.3 is 10.2 Å².